The molecule has 1 aromatic carbocycles. The van der Waals surface area contributed by atoms with Crippen LogP contribution in [0.2, 0.25) is 0 Å². The van der Waals surface area contributed by atoms with E-state index in [1.165, 1.54) is 15.6 Å². The van der Waals surface area contributed by atoms with E-state index in [0.29, 0.717) is 11.4 Å². The van der Waals surface area contributed by atoms with E-state index in [2.05, 4.69) is 25.8 Å². The summed E-state index contributed by atoms with van der Waals surface area (Å²) in [5, 5.41) is 14.3. The Hall–Kier alpha value is -3.82. The molecule has 4 aromatic rings. The van der Waals surface area contributed by atoms with Crippen LogP contribution in [0.4, 0.5) is 5.82 Å². The van der Waals surface area contributed by atoms with Crippen molar-refractivity contribution in [3.63, 3.8) is 0 Å². The number of rotatable bonds is 4. The number of anilines is 1. The van der Waals surface area contributed by atoms with Crippen molar-refractivity contribution in [3.05, 3.63) is 57.8 Å². The first-order valence-electron chi connectivity index (χ1n) is 8.54. The number of hydrogen-bond acceptors (Lipinski definition) is 7. The van der Waals surface area contributed by atoms with Crippen molar-refractivity contribution in [2.24, 2.45) is 0 Å². The van der Waals surface area contributed by atoms with Crippen LogP contribution in [0.25, 0.3) is 16.9 Å². The Balaban J connectivity index is 1.63. The van der Waals surface area contributed by atoms with Gasteiger partial charge in [0.2, 0.25) is 5.91 Å². The molecule has 0 spiro atoms. The number of nitrogens with one attached hydrogen (secondary N) is 1. The zero-order valence-electron chi connectivity index (χ0n) is 15.5. The van der Waals surface area contributed by atoms with Gasteiger partial charge in [-0.3, -0.25) is 14.2 Å². The summed E-state index contributed by atoms with van der Waals surface area (Å²) in [5.41, 5.74) is 2.97. The Morgan fingerprint density at radius 3 is 2.71 bits per heavy atom. The monoisotopic (exact) mass is 379 g/mol. The first-order valence-corrected chi connectivity index (χ1v) is 8.54. The highest BCUT2D eigenvalue weighted by Gasteiger charge is 2.15. The Kier molecular flexibility index (Phi) is 4.22. The van der Waals surface area contributed by atoms with E-state index in [9.17, 15) is 9.59 Å². The highest BCUT2D eigenvalue weighted by molar-refractivity contribution is 5.89. The van der Waals surface area contributed by atoms with Gasteiger partial charge in [0.05, 0.1) is 5.69 Å². The Labute approximate surface area is 158 Å². The SMILES string of the molecule is Cc1cc(NC(=O)Cn2cnc3c(nnn3-c3ccc(C)c(C)c3)c2=O)no1. The Morgan fingerprint density at radius 2 is 2.00 bits per heavy atom. The van der Waals surface area contributed by atoms with E-state index >= 15 is 0 Å². The molecule has 0 atom stereocenters. The van der Waals surface area contributed by atoms with Crippen LogP contribution in [0, 0.1) is 20.8 Å². The molecule has 10 heteroatoms. The molecule has 10 nitrogen and oxygen atoms in total. The molecule has 3 aromatic heterocycles. The van der Waals surface area contributed by atoms with Crippen molar-refractivity contribution < 1.29 is 9.32 Å². The number of nitrogens with zero attached hydrogens (tertiary/aromatic N) is 6. The second-order valence-electron chi connectivity index (χ2n) is 6.49. The molecule has 3 heterocycles. The van der Waals surface area contributed by atoms with Gasteiger partial charge in [0.1, 0.15) is 18.6 Å². The van der Waals surface area contributed by atoms with Crippen molar-refractivity contribution >= 4 is 22.9 Å². The Morgan fingerprint density at radius 1 is 1.18 bits per heavy atom. The number of aryl methyl sites for hydroxylation is 3. The van der Waals surface area contributed by atoms with Crippen LogP contribution < -0.4 is 10.9 Å². The predicted molar refractivity (Wildman–Crippen MR) is 100 cm³/mol. The topological polar surface area (TPSA) is 121 Å². The van der Waals surface area contributed by atoms with Crippen LogP contribution in [0.3, 0.4) is 0 Å². The molecule has 0 fully saturated rings. The fraction of sp³-hybridized carbons (Fsp3) is 0.222. The van der Waals surface area contributed by atoms with Gasteiger partial charge in [-0.05, 0) is 44.0 Å². The molecule has 0 aliphatic carbocycles. The highest BCUT2D eigenvalue weighted by atomic mass is 16.5. The first-order chi connectivity index (χ1) is 13.4. The minimum absolute atomic E-state index is 0.0887. The van der Waals surface area contributed by atoms with Crippen molar-refractivity contribution in [3.8, 4) is 5.69 Å². The summed E-state index contributed by atoms with van der Waals surface area (Å²) >= 11 is 0. The standard InChI is InChI=1S/C18H17N7O3/c1-10-4-5-13(6-11(10)2)25-17-16(21-23-25)18(27)24(9-19-17)8-15(26)20-14-7-12(3)28-22-14/h4-7,9H,8H2,1-3H3,(H,20,22,26). The van der Waals surface area contributed by atoms with E-state index in [4.69, 9.17) is 4.52 Å². The van der Waals surface area contributed by atoms with Crippen LogP contribution >= 0.6 is 0 Å². The summed E-state index contributed by atoms with van der Waals surface area (Å²) in [7, 11) is 0. The molecular formula is C18H17N7O3. The minimum Gasteiger partial charge on any atom is -0.360 e. The molecule has 1 amide bonds. The molecule has 142 valence electrons. The minimum atomic E-state index is -0.452. The van der Waals surface area contributed by atoms with E-state index < -0.39 is 11.5 Å². The van der Waals surface area contributed by atoms with Gasteiger partial charge in [0, 0.05) is 6.07 Å². The van der Waals surface area contributed by atoms with E-state index in [-0.39, 0.29) is 17.9 Å². The fourth-order valence-corrected chi connectivity index (χ4v) is 2.75. The smallest absolute Gasteiger partial charge is 0.284 e. The van der Waals surface area contributed by atoms with Crippen LogP contribution in [0.5, 0.6) is 0 Å². The number of hydrogen-bond donors (Lipinski definition) is 1. The van der Waals surface area contributed by atoms with Gasteiger partial charge in [0.25, 0.3) is 5.56 Å². The third-order valence-corrected chi connectivity index (χ3v) is 4.37. The van der Waals surface area contributed by atoms with Crippen LogP contribution in [-0.2, 0) is 11.3 Å². The van der Waals surface area contributed by atoms with Gasteiger partial charge >= 0.3 is 0 Å². The average molecular weight is 379 g/mol. The number of carbonyl (C=O) groups excluding carboxylic acids is 1. The normalized spacial score (nSPS) is 11.1. The largest absolute Gasteiger partial charge is 0.360 e. The van der Waals surface area contributed by atoms with E-state index in [1.807, 2.05) is 32.0 Å². The lowest BCUT2D eigenvalue weighted by molar-refractivity contribution is -0.116. The average Bonchev–Trinajstić information content (AvgIpc) is 3.26. The van der Waals surface area contributed by atoms with Gasteiger partial charge in [0.15, 0.2) is 17.0 Å². The lowest BCUT2D eigenvalue weighted by Crippen LogP contribution is -2.28. The van der Waals surface area contributed by atoms with E-state index in [0.717, 1.165) is 16.8 Å². The first kappa shape index (κ1) is 17.6. The van der Waals surface area contributed by atoms with Gasteiger partial charge in [-0.15, -0.1) is 5.10 Å². The zero-order chi connectivity index (χ0) is 19.8. The number of amides is 1. The second-order valence-corrected chi connectivity index (χ2v) is 6.49. The molecule has 28 heavy (non-hydrogen) atoms. The summed E-state index contributed by atoms with van der Waals surface area (Å²) in [6, 6.07) is 7.38. The maximum atomic E-state index is 12.7. The molecular weight excluding hydrogens is 362 g/mol. The lowest BCUT2D eigenvalue weighted by atomic mass is 10.1. The molecule has 0 unspecified atom stereocenters. The molecule has 0 radical (unpaired) electrons. The van der Waals surface area contributed by atoms with Crippen LogP contribution in [-0.4, -0.2) is 35.6 Å². The van der Waals surface area contributed by atoms with Crippen molar-refractivity contribution in [2.45, 2.75) is 27.3 Å². The maximum absolute atomic E-state index is 12.7. The fourth-order valence-electron chi connectivity index (χ4n) is 2.75. The molecule has 0 aliphatic rings. The summed E-state index contributed by atoms with van der Waals surface area (Å²) in [6.45, 7) is 5.49. The molecule has 0 aliphatic heterocycles. The maximum Gasteiger partial charge on any atom is 0.284 e. The van der Waals surface area contributed by atoms with Gasteiger partial charge in [-0.25, -0.2) is 4.98 Å². The summed E-state index contributed by atoms with van der Waals surface area (Å²) in [5.74, 6) is 0.418. The molecule has 0 saturated heterocycles. The van der Waals surface area contributed by atoms with Gasteiger partial charge in [-0.1, -0.05) is 16.4 Å². The molecule has 1 N–H and O–H groups in total. The van der Waals surface area contributed by atoms with Gasteiger partial charge < -0.3 is 9.84 Å². The van der Waals surface area contributed by atoms with Crippen LogP contribution in [0.1, 0.15) is 16.9 Å². The van der Waals surface area contributed by atoms with E-state index in [1.54, 1.807) is 13.0 Å². The molecule has 0 bridgehead atoms. The molecule has 0 saturated carbocycles. The number of benzene rings is 1. The van der Waals surface area contributed by atoms with Crippen LogP contribution in [0.15, 0.2) is 39.9 Å². The van der Waals surface area contributed by atoms with Gasteiger partial charge in [-0.2, -0.15) is 4.68 Å². The third-order valence-electron chi connectivity index (χ3n) is 4.37. The summed E-state index contributed by atoms with van der Waals surface area (Å²) < 4.78 is 7.57. The quantitative estimate of drug-likeness (QED) is 0.571. The summed E-state index contributed by atoms with van der Waals surface area (Å²) in [4.78, 5) is 29.1. The predicted octanol–water partition coefficient (Wildman–Crippen LogP) is 1.53. The van der Waals surface area contributed by atoms with Crippen molar-refractivity contribution in [2.75, 3.05) is 5.32 Å². The number of fused-ring (bicyclic) bond motifs is 1. The van der Waals surface area contributed by atoms with Crippen molar-refractivity contribution in [1.29, 1.82) is 0 Å². The highest BCUT2D eigenvalue weighted by Crippen LogP contribution is 2.16. The summed E-state index contributed by atoms with van der Waals surface area (Å²) in [6.07, 6.45) is 1.30. The molecule has 4 rings (SSSR count). The van der Waals surface area contributed by atoms with Crippen molar-refractivity contribution in [1.82, 2.24) is 29.7 Å². The third kappa shape index (κ3) is 3.15. The Bertz CT molecular complexity index is 1250. The number of carbonyl (C=O) groups is 1. The second kappa shape index (κ2) is 6.72. The number of aromatic nitrogens is 6. The lowest BCUT2D eigenvalue weighted by Gasteiger charge is -2.06. The zero-order valence-corrected chi connectivity index (χ0v) is 15.5.